The molecule has 0 saturated carbocycles. The molecule has 0 bridgehead atoms. The molecule has 1 aromatic rings. The second-order valence-corrected chi connectivity index (χ2v) is 6.22. The van der Waals surface area contributed by atoms with E-state index < -0.39 is 0 Å². The van der Waals surface area contributed by atoms with Gasteiger partial charge in [-0.05, 0) is 27.7 Å². The maximum Gasteiger partial charge on any atom is 0.0920 e. The van der Waals surface area contributed by atoms with Crippen molar-refractivity contribution >= 4 is 52.8 Å². The molecular formula is C10H17Cl2N3S2. The number of hydrogen-bond donors (Lipinski definition) is 1. The number of aryl methyl sites for hydroxylation is 2. The van der Waals surface area contributed by atoms with Crippen molar-refractivity contribution in [2.24, 2.45) is 5.84 Å². The number of allylic oxidation sites excluding steroid dienone is 1. The molecule has 2 heterocycles. The Labute approximate surface area is 123 Å². The predicted molar refractivity (Wildman–Crippen MR) is 81.8 cm³/mol. The van der Waals surface area contributed by atoms with Crippen LogP contribution >= 0.6 is 47.9 Å². The Morgan fingerprint density at radius 3 is 2.18 bits per heavy atom. The highest BCUT2D eigenvalue weighted by Gasteiger charge is 2.27. The minimum atomic E-state index is 0. The summed E-state index contributed by atoms with van der Waals surface area (Å²) in [5.74, 6) is 5.95. The molecule has 0 spiro atoms. The number of thiazole rings is 1. The van der Waals surface area contributed by atoms with Crippen molar-refractivity contribution in [3.05, 3.63) is 21.3 Å². The molecule has 7 heteroatoms. The van der Waals surface area contributed by atoms with Crippen LogP contribution in [0.15, 0.2) is 5.70 Å². The molecule has 17 heavy (non-hydrogen) atoms. The number of nitrogens with zero attached hydrogens (tertiary/aromatic N) is 2. The zero-order valence-corrected chi connectivity index (χ0v) is 13.4. The highest BCUT2D eigenvalue weighted by atomic mass is 35.5. The summed E-state index contributed by atoms with van der Waals surface area (Å²) in [4.78, 5) is 7.01. The predicted octanol–water partition coefficient (Wildman–Crippen LogP) is 3.56. The maximum absolute atomic E-state index is 5.95. The van der Waals surface area contributed by atoms with Gasteiger partial charge in [-0.25, -0.2) is 10.8 Å². The smallest absolute Gasteiger partial charge is 0.0920 e. The molecule has 1 atom stereocenters. The Balaban J connectivity index is 0.00000128. The zero-order chi connectivity index (χ0) is 11.2. The number of hydrogen-bond acceptors (Lipinski definition) is 5. The maximum atomic E-state index is 5.95. The van der Waals surface area contributed by atoms with Crippen LogP contribution < -0.4 is 5.84 Å². The monoisotopic (exact) mass is 313 g/mol. The first-order valence-corrected chi connectivity index (χ1v) is 6.56. The van der Waals surface area contributed by atoms with E-state index in [0.717, 1.165) is 16.4 Å². The van der Waals surface area contributed by atoms with Gasteiger partial charge in [0.1, 0.15) is 0 Å². The van der Waals surface area contributed by atoms with Gasteiger partial charge in [-0.2, -0.15) is 0 Å². The van der Waals surface area contributed by atoms with Gasteiger partial charge in [0.25, 0.3) is 0 Å². The molecular weight excluding hydrogens is 297 g/mol. The Hall–Kier alpha value is 0.0600. The van der Waals surface area contributed by atoms with Crippen LogP contribution in [0.4, 0.5) is 0 Å². The van der Waals surface area contributed by atoms with Crippen LogP contribution in [-0.2, 0) is 0 Å². The van der Waals surface area contributed by atoms with Crippen LogP contribution in [0.1, 0.15) is 29.4 Å². The quantitative estimate of drug-likeness (QED) is 0.805. The van der Waals surface area contributed by atoms with Crippen LogP contribution in [0.3, 0.4) is 0 Å². The SMILES string of the molecule is CC1=C(c2sc(C)nc2C)SC(C)N1N.Cl.Cl. The Morgan fingerprint density at radius 2 is 1.82 bits per heavy atom. The average molecular weight is 314 g/mol. The van der Waals surface area contributed by atoms with Gasteiger partial charge in [-0.15, -0.1) is 36.2 Å². The molecule has 0 radical (unpaired) electrons. The number of nitrogens with two attached hydrogens (primary N) is 1. The van der Waals surface area contributed by atoms with Crippen molar-refractivity contribution < 1.29 is 0 Å². The van der Waals surface area contributed by atoms with Crippen LogP contribution in [0.25, 0.3) is 4.91 Å². The third-order valence-electron chi connectivity index (χ3n) is 2.51. The van der Waals surface area contributed by atoms with Crippen LogP contribution in [0, 0.1) is 13.8 Å². The minimum Gasteiger partial charge on any atom is -0.301 e. The standard InChI is InChI=1S/C10H15N3S2.2ClH/c1-5-9(14-7(3)12-5)10-6(2)13(11)8(4)15-10;;/h8H,11H2,1-4H3;2*1H. The van der Waals surface area contributed by atoms with Gasteiger partial charge >= 0.3 is 0 Å². The molecule has 1 aromatic heterocycles. The number of aromatic nitrogens is 1. The summed E-state index contributed by atoms with van der Waals surface area (Å²) in [5.41, 5.74) is 2.26. The fourth-order valence-electron chi connectivity index (χ4n) is 1.66. The van der Waals surface area contributed by atoms with E-state index in [2.05, 4.69) is 25.8 Å². The number of rotatable bonds is 1. The van der Waals surface area contributed by atoms with E-state index in [-0.39, 0.29) is 24.8 Å². The normalized spacial score (nSPS) is 19.1. The first kappa shape index (κ1) is 17.1. The molecule has 0 aliphatic carbocycles. The number of thioether (sulfide) groups is 1. The minimum absolute atomic E-state index is 0. The second-order valence-electron chi connectivity index (χ2n) is 3.69. The fourth-order valence-corrected chi connectivity index (χ4v) is 3.99. The van der Waals surface area contributed by atoms with E-state index in [4.69, 9.17) is 5.84 Å². The largest absolute Gasteiger partial charge is 0.301 e. The highest BCUT2D eigenvalue weighted by molar-refractivity contribution is 8.09. The topological polar surface area (TPSA) is 42.2 Å². The lowest BCUT2D eigenvalue weighted by Crippen LogP contribution is -2.31. The first-order valence-electron chi connectivity index (χ1n) is 4.86. The molecule has 2 rings (SSSR count). The van der Waals surface area contributed by atoms with E-state index in [1.54, 1.807) is 11.3 Å². The lowest BCUT2D eigenvalue weighted by atomic mass is 10.3. The molecule has 0 fully saturated rings. The van der Waals surface area contributed by atoms with Crippen molar-refractivity contribution in [2.75, 3.05) is 0 Å². The van der Waals surface area contributed by atoms with Crippen molar-refractivity contribution in [2.45, 2.75) is 33.1 Å². The molecule has 0 aromatic carbocycles. The summed E-state index contributed by atoms with van der Waals surface area (Å²) in [7, 11) is 0. The van der Waals surface area contributed by atoms with Crippen LogP contribution in [0.2, 0.25) is 0 Å². The van der Waals surface area contributed by atoms with E-state index in [1.807, 2.05) is 23.7 Å². The number of halogens is 2. The lowest BCUT2D eigenvalue weighted by molar-refractivity contribution is 0.363. The van der Waals surface area contributed by atoms with E-state index in [9.17, 15) is 0 Å². The lowest BCUT2D eigenvalue weighted by Gasteiger charge is -2.16. The van der Waals surface area contributed by atoms with Gasteiger partial charge < -0.3 is 5.01 Å². The molecule has 2 N–H and O–H groups in total. The third kappa shape index (κ3) is 3.09. The zero-order valence-electron chi connectivity index (χ0n) is 10.2. The molecule has 0 amide bonds. The average Bonchev–Trinajstić information content (AvgIpc) is 2.61. The third-order valence-corrected chi connectivity index (χ3v) is 5.03. The van der Waals surface area contributed by atoms with Crippen LogP contribution in [-0.4, -0.2) is 15.4 Å². The van der Waals surface area contributed by atoms with E-state index in [1.165, 1.54) is 9.78 Å². The van der Waals surface area contributed by atoms with E-state index >= 15 is 0 Å². The molecule has 3 nitrogen and oxygen atoms in total. The van der Waals surface area contributed by atoms with Gasteiger partial charge in [0.05, 0.1) is 21.0 Å². The Morgan fingerprint density at radius 1 is 1.24 bits per heavy atom. The van der Waals surface area contributed by atoms with E-state index in [0.29, 0.717) is 5.37 Å². The Kier molecular flexibility index (Phi) is 6.31. The summed E-state index contributed by atoms with van der Waals surface area (Å²) in [5, 5.41) is 3.27. The summed E-state index contributed by atoms with van der Waals surface area (Å²) >= 11 is 3.56. The summed E-state index contributed by atoms with van der Waals surface area (Å²) < 4.78 is 0. The van der Waals surface area contributed by atoms with Crippen molar-refractivity contribution in [1.82, 2.24) is 9.99 Å². The van der Waals surface area contributed by atoms with Crippen molar-refractivity contribution in [3.8, 4) is 0 Å². The summed E-state index contributed by atoms with van der Waals surface area (Å²) in [6.07, 6.45) is 0. The molecule has 0 saturated heterocycles. The van der Waals surface area contributed by atoms with Gasteiger partial charge in [-0.3, -0.25) is 0 Å². The van der Waals surface area contributed by atoms with Crippen LogP contribution in [0.5, 0.6) is 0 Å². The van der Waals surface area contributed by atoms with Gasteiger partial charge in [0, 0.05) is 10.6 Å². The molecule has 98 valence electrons. The van der Waals surface area contributed by atoms with Crippen molar-refractivity contribution in [3.63, 3.8) is 0 Å². The molecule has 1 aliphatic rings. The summed E-state index contributed by atoms with van der Waals surface area (Å²) in [6.45, 7) is 8.29. The Bertz CT molecular complexity index is 431. The van der Waals surface area contributed by atoms with Gasteiger partial charge in [0.15, 0.2) is 0 Å². The summed E-state index contributed by atoms with van der Waals surface area (Å²) in [6, 6.07) is 0. The molecule has 1 aliphatic heterocycles. The first-order chi connectivity index (χ1) is 7.00. The van der Waals surface area contributed by atoms with Gasteiger partial charge in [0.2, 0.25) is 0 Å². The molecule has 1 unspecified atom stereocenters. The fraction of sp³-hybridized carbons (Fsp3) is 0.500. The number of hydrazine groups is 1. The van der Waals surface area contributed by atoms with Gasteiger partial charge in [-0.1, -0.05) is 11.8 Å². The van der Waals surface area contributed by atoms with Crippen molar-refractivity contribution in [1.29, 1.82) is 0 Å². The highest BCUT2D eigenvalue weighted by Crippen LogP contribution is 2.44. The second kappa shape index (κ2) is 6.29.